The first-order valence-electron chi connectivity index (χ1n) is 6.10. The van der Waals surface area contributed by atoms with E-state index in [9.17, 15) is 9.90 Å². The van der Waals surface area contributed by atoms with Gasteiger partial charge in [-0.25, -0.2) is 0 Å². The monoisotopic (exact) mass is 253 g/mol. The molecule has 0 bridgehead atoms. The van der Waals surface area contributed by atoms with Gasteiger partial charge in [0.1, 0.15) is 6.04 Å². The lowest BCUT2D eigenvalue weighted by Gasteiger charge is -2.43. The van der Waals surface area contributed by atoms with Crippen molar-refractivity contribution in [1.82, 2.24) is 25.1 Å². The van der Waals surface area contributed by atoms with Crippen molar-refractivity contribution in [3.63, 3.8) is 0 Å². The van der Waals surface area contributed by atoms with Gasteiger partial charge in [-0.3, -0.25) is 9.69 Å². The Hall–Kier alpha value is -1.50. The van der Waals surface area contributed by atoms with Crippen LogP contribution in [-0.2, 0) is 18.4 Å². The number of tetrazole rings is 1. The number of aliphatic carboxylic acids is 1. The van der Waals surface area contributed by atoms with E-state index in [2.05, 4.69) is 15.4 Å². The average Bonchev–Trinajstić information content (AvgIpc) is 2.61. The first-order chi connectivity index (χ1) is 8.40. The van der Waals surface area contributed by atoms with Crippen molar-refractivity contribution >= 4 is 5.97 Å². The van der Waals surface area contributed by atoms with Gasteiger partial charge in [0, 0.05) is 0 Å². The Labute approximate surface area is 106 Å². The summed E-state index contributed by atoms with van der Waals surface area (Å²) in [7, 11) is 1.70. The molecule has 1 saturated heterocycles. The van der Waals surface area contributed by atoms with Gasteiger partial charge in [-0.2, -0.15) is 4.80 Å². The predicted molar refractivity (Wildman–Crippen MR) is 63.6 cm³/mol. The lowest BCUT2D eigenvalue weighted by Crippen LogP contribution is -2.53. The van der Waals surface area contributed by atoms with Crippen molar-refractivity contribution in [1.29, 1.82) is 0 Å². The Morgan fingerprint density at radius 3 is 2.83 bits per heavy atom. The molecule has 7 nitrogen and oxygen atoms in total. The molecule has 1 aliphatic rings. The van der Waals surface area contributed by atoms with E-state index in [0.717, 1.165) is 19.4 Å². The van der Waals surface area contributed by atoms with Gasteiger partial charge >= 0.3 is 5.97 Å². The van der Waals surface area contributed by atoms with Crippen LogP contribution in [-0.4, -0.2) is 48.8 Å². The van der Waals surface area contributed by atoms with Gasteiger partial charge in [0.2, 0.25) is 0 Å². The maximum absolute atomic E-state index is 11.5. The van der Waals surface area contributed by atoms with E-state index >= 15 is 0 Å². The smallest absolute Gasteiger partial charge is 0.321 e. The molecule has 0 radical (unpaired) electrons. The molecule has 1 N–H and O–H groups in total. The van der Waals surface area contributed by atoms with E-state index in [-0.39, 0.29) is 5.41 Å². The molecule has 1 atom stereocenters. The summed E-state index contributed by atoms with van der Waals surface area (Å²) in [5, 5.41) is 21.2. The van der Waals surface area contributed by atoms with E-state index in [1.807, 2.05) is 18.7 Å². The molecule has 1 unspecified atom stereocenters. The van der Waals surface area contributed by atoms with Crippen LogP contribution in [0.15, 0.2) is 0 Å². The zero-order valence-corrected chi connectivity index (χ0v) is 11.0. The van der Waals surface area contributed by atoms with Crippen LogP contribution in [0.5, 0.6) is 0 Å². The van der Waals surface area contributed by atoms with Gasteiger partial charge in [0.15, 0.2) is 5.82 Å². The van der Waals surface area contributed by atoms with Crippen LogP contribution >= 0.6 is 0 Å². The fraction of sp³-hybridized carbons (Fsp3) is 0.818. The number of piperidine rings is 1. The molecule has 18 heavy (non-hydrogen) atoms. The number of carbonyl (C=O) groups is 1. The number of carboxylic acids is 1. The summed E-state index contributed by atoms with van der Waals surface area (Å²) in [6.07, 6.45) is 1.92. The number of hydrogen-bond acceptors (Lipinski definition) is 5. The van der Waals surface area contributed by atoms with Crippen molar-refractivity contribution in [2.75, 3.05) is 6.54 Å². The van der Waals surface area contributed by atoms with Crippen LogP contribution in [0.25, 0.3) is 0 Å². The summed E-state index contributed by atoms with van der Waals surface area (Å²) in [6, 6.07) is -0.491. The Balaban J connectivity index is 2.17. The van der Waals surface area contributed by atoms with Crippen LogP contribution in [0.1, 0.15) is 32.5 Å². The number of hydrogen-bond donors (Lipinski definition) is 1. The highest BCUT2D eigenvalue weighted by atomic mass is 16.4. The third-order valence-electron chi connectivity index (χ3n) is 3.50. The first-order valence-corrected chi connectivity index (χ1v) is 6.10. The average molecular weight is 253 g/mol. The summed E-state index contributed by atoms with van der Waals surface area (Å²) < 4.78 is 0. The van der Waals surface area contributed by atoms with Crippen LogP contribution in [0.4, 0.5) is 0 Å². The quantitative estimate of drug-likeness (QED) is 0.833. The van der Waals surface area contributed by atoms with Crippen LogP contribution < -0.4 is 0 Å². The summed E-state index contributed by atoms with van der Waals surface area (Å²) in [5.41, 5.74) is -0.230. The van der Waals surface area contributed by atoms with Crippen LogP contribution in [0.3, 0.4) is 0 Å². The molecular weight excluding hydrogens is 234 g/mol. The normalized spacial score (nSPS) is 24.1. The molecule has 7 heteroatoms. The lowest BCUT2D eigenvalue weighted by molar-refractivity contribution is -0.151. The van der Waals surface area contributed by atoms with Crippen molar-refractivity contribution in [2.24, 2.45) is 12.5 Å². The van der Waals surface area contributed by atoms with Gasteiger partial charge in [0.05, 0.1) is 13.6 Å². The van der Waals surface area contributed by atoms with Crippen molar-refractivity contribution in [2.45, 2.75) is 39.3 Å². The van der Waals surface area contributed by atoms with Gasteiger partial charge in [0.25, 0.3) is 0 Å². The molecule has 0 aromatic carbocycles. The molecule has 1 fully saturated rings. The highest BCUT2D eigenvalue weighted by Crippen LogP contribution is 2.35. The minimum atomic E-state index is -0.774. The molecule has 1 aromatic rings. The van der Waals surface area contributed by atoms with E-state index in [4.69, 9.17) is 0 Å². The fourth-order valence-corrected chi connectivity index (χ4v) is 2.73. The number of likely N-dealkylation sites (tertiary alicyclic amines) is 1. The summed E-state index contributed by atoms with van der Waals surface area (Å²) >= 11 is 0. The highest BCUT2D eigenvalue weighted by molar-refractivity contribution is 5.74. The number of rotatable bonds is 3. The summed E-state index contributed by atoms with van der Waals surface area (Å²) in [4.78, 5) is 14.8. The SMILES string of the molecule is Cn1nnc(CN2CCCC(C)(C)C2C(=O)O)n1. The van der Waals surface area contributed by atoms with Gasteiger partial charge in [-0.15, -0.1) is 10.2 Å². The number of aryl methyl sites for hydroxylation is 1. The molecule has 1 aromatic heterocycles. The topological polar surface area (TPSA) is 84.1 Å². The lowest BCUT2D eigenvalue weighted by atomic mass is 9.76. The molecular formula is C11H19N5O2. The third-order valence-corrected chi connectivity index (χ3v) is 3.50. The Morgan fingerprint density at radius 1 is 1.56 bits per heavy atom. The largest absolute Gasteiger partial charge is 0.480 e. The number of aromatic nitrogens is 4. The zero-order chi connectivity index (χ0) is 13.3. The van der Waals surface area contributed by atoms with Crippen LogP contribution in [0.2, 0.25) is 0 Å². The molecule has 1 aliphatic heterocycles. The van der Waals surface area contributed by atoms with E-state index in [1.165, 1.54) is 4.80 Å². The molecule has 0 saturated carbocycles. The summed E-state index contributed by atoms with van der Waals surface area (Å²) in [5.74, 6) is -0.204. The van der Waals surface area contributed by atoms with E-state index < -0.39 is 12.0 Å². The van der Waals surface area contributed by atoms with E-state index in [1.54, 1.807) is 7.05 Å². The van der Waals surface area contributed by atoms with Crippen LogP contribution in [0, 0.1) is 5.41 Å². The van der Waals surface area contributed by atoms with Gasteiger partial charge < -0.3 is 5.11 Å². The van der Waals surface area contributed by atoms with Crippen molar-refractivity contribution in [3.8, 4) is 0 Å². The Kier molecular flexibility index (Phi) is 3.34. The van der Waals surface area contributed by atoms with E-state index in [0.29, 0.717) is 12.4 Å². The van der Waals surface area contributed by atoms with Crippen molar-refractivity contribution in [3.05, 3.63) is 5.82 Å². The highest BCUT2D eigenvalue weighted by Gasteiger charge is 2.42. The van der Waals surface area contributed by atoms with Gasteiger partial charge in [-0.05, 0) is 30.0 Å². The third kappa shape index (κ3) is 2.50. The molecule has 2 rings (SSSR count). The first kappa shape index (κ1) is 12.9. The molecule has 2 heterocycles. The molecule has 0 amide bonds. The van der Waals surface area contributed by atoms with Gasteiger partial charge in [-0.1, -0.05) is 13.8 Å². The maximum atomic E-state index is 11.5. The summed E-state index contributed by atoms with van der Waals surface area (Å²) in [6.45, 7) is 5.21. The maximum Gasteiger partial charge on any atom is 0.321 e. The zero-order valence-electron chi connectivity index (χ0n) is 11.0. The molecule has 100 valence electrons. The predicted octanol–water partition coefficient (Wildman–Crippen LogP) is 0.285. The number of nitrogens with zero attached hydrogens (tertiary/aromatic N) is 5. The second-order valence-corrected chi connectivity index (χ2v) is 5.50. The minimum Gasteiger partial charge on any atom is -0.480 e. The molecule has 0 aliphatic carbocycles. The minimum absolute atomic E-state index is 0.230. The fourth-order valence-electron chi connectivity index (χ4n) is 2.73. The Morgan fingerprint density at radius 2 is 2.28 bits per heavy atom. The Bertz CT molecular complexity index is 442. The number of carboxylic acid groups (broad SMARTS) is 1. The van der Waals surface area contributed by atoms with Crippen molar-refractivity contribution < 1.29 is 9.90 Å². The second kappa shape index (κ2) is 4.64. The molecule has 0 spiro atoms. The standard InChI is InChI=1S/C11H19N5O2/c1-11(2)5-4-6-16(9(11)10(17)18)7-8-12-14-15(3)13-8/h9H,4-7H2,1-3H3,(H,17,18). The second-order valence-electron chi connectivity index (χ2n) is 5.50.